The van der Waals surface area contributed by atoms with Gasteiger partial charge in [0.05, 0.1) is 5.56 Å². The fourth-order valence-corrected chi connectivity index (χ4v) is 2.00. The second-order valence-corrected chi connectivity index (χ2v) is 4.52. The number of carbonyl (C=O) groups excluding carboxylic acids is 1. The molecule has 0 spiro atoms. The van der Waals surface area contributed by atoms with Crippen LogP contribution in [0.1, 0.15) is 28.0 Å². The zero-order chi connectivity index (χ0) is 13.7. The monoisotopic (exact) mass is 250 g/mol. The van der Waals surface area contributed by atoms with E-state index < -0.39 is 5.91 Å². The van der Waals surface area contributed by atoms with Crippen LogP contribution in [0.4, 0.5) is 5.82 Å². The number of pyridine rings is 1. The molecule has 0 aliphatic heterocycles. The van der Waals surface area contributed by atoms with Crippen LogP contribution in [0.3, 0.4) is 0 Å². The van der Waals surface area contributed by atoms with Crippen molar-refractivity contribution in [2.24, 2.45) is 5.73 Å². The van der Waals surface area contributed by atoms with Crippen LogP contribution in [0.15, 0.2) is 6.07 Å². The molecule has 0 unspecified atom stereocenters. The van der Waals surface area contributed by atoms with Gasteiger partial charge in [0.1, 0.15) is 5.82 Å². The van der Waals surface area contributed by atoms with Crippen LogP contribution in [-0.4, -0.2) is 38.1 Å². The van der Waals surface area contributed by atoms with E-state index in [1.54, 1.807) is 0 Å². The Morgan fingerprint density at radius 2 is 2.17 bits per heavy atom. The summed E-state index contributed by atoms with van der Waals surface area (Å²) in [5.74, 6) is 0.256. The molecule has 5 nitrogen and oxygen atoms in total. The summed E-state index contributed by atoms with van der Waals surface area (Å²) in [6.45, 7) is 5.57. The molecule has 100 valence electrons. The third kappa shape index (κ3) is 3.43. The first-order valence-electron chi connectivity index (χ1n) is 6.11. The summed E-state index contributed by atoms with van der Waals surface area (Å²) >= 11 is 0. The molecule has 0 saturated carbocycles. The minimum atomic E-state index is -0.421. The van der Waals surface area contributed by atoms with Crippen molar-refractivity contribution in [1.29, 1.82) is 0 Å². The lowest BCUT2D eigenvalue weighted by molar-refractivity contribution is 0.1000. The largest absolute Gasteiger partial charge is 0.365 e. The molecule has 0 aliphatic rings. The minimum absolute atomic E-state index is 0.421. The van der Waals surface area contributed by atoms with Gasteiger partial charge in [-0.15, -0.1) is 0 Å². The number of primary amides is 1. The molecule has 0 saturated heterocycles. The highest BCUT2D eigenvalue weighted by atomic mass is 16.1. The summed E-state index contributed by atoms with van der Waals surface area (Å²) in [6.07, 6.45) is 0.986. The predicted molar refractivity (Wildman–Crippen MR) is 74.0 cm³/mol. The smallest absolute Gasteiger partial charge is 0.252 e. The molecule has 0 aliphatic carbocycles. The predicted octanol–water partition coefficient (Wildman–Crippen LogP) is 0.843. The highest BCUT2D eigenvalue weighted by Gasteiger charge is 2.16. The fraction of sp³-hybridized carbons (Fsp3) is 0.538. The Labute approximate surface area is 108 Å². The van der Waals surface area contributed by atoms with Crippen molar-refractivity contribution in [3.63, 3.8) is 0 Å². The van der Waals surface area contributed by atoms with Crippen molar-refractivity contribution >= 4 is 11.7 Å². The number of aromatic nitrogens is 1. The quantitative estimate of drug-likeness (QED) is 0.734. The maximum absolute atomic E-state index is 11.5. The number of anilines is 1. The number of nitrogens with two attached hydrogens (primary N) is 1. The SMILES string of the molecule is CNCCCN(C)c1nc(C)cc(C)c1C(N)=O. The Morgan fingerprint density at radius 3 is 2.72 bits per heavy atom. The lowest BCUT2D eigenvalue weighted by Crippen LogP contribution is -2.27. The van der Waals surface area contributed by atoms with E-state index in [9.17, 15) is 4.79 Å². The van der Waals surface area contributed by atoms with E-state index in [0.717, 1.165) is 30.8 Å². The average Bonchev–Trinajstić information content (AvgIpc) is 2.27. The van der Waals surface area contributed by atoms with Crippen molar-refractivity contribution in [1.82, 2.24) is 10.3 Å². The molecule has 1 rings (SSSR count). The van der Waals surface area contributed by atoms with Crippen LogP contribution in [0, 0.1) is 13.8 Å². The van der Waals surface area contributed by atoms with E-state index in [0.29, 0.717) is 11.4 Å². The number of nitrogens with zero attached hydrogens (tertiary/aromatic N) is 2. The van der Waals surface area contributed by atoms with Crippen LogP contribution in [0.5, 0.6) is 0 Å². The van der Waals surface area contributed by atoms with Crippen LogP contribution >= 0.6 is 0 Å². The molecule has 0 aromatic carbocycles. The first-order valence-corrected chi connectivity index (χ1v) is 6.11. The molecule has 1 aromatic heterocycles. The van der Waals surface area contributed by atoms with Gasteiger partial charge in [0.15, 0.2) is 0 Å². The normalized spacial score (nSPS) is 10.4. The van der Waals surface area contributed by atoms with Crippen LogP contribution < -0.4 is 16.0 Å². The molecule has 3 N–H and O–H groups in total. The average molecular weight is 250 g/mol. The summed E-state index contributed by atoms with van der Waals surface area (Å²) in [4.78, 5) is 18.0. The van der Waals surface area contributed by atoms with Gasteiger partial charge in [-0.2, -0.15) is 0 Å². The zero-order valence-corrected chi connectivity index (χ0v) is 11.6. The molecule has 18 heavy (non-hydrogen) atoms. The molecular weight excluding hydrogens is 228 g/mol. The third-order valence-electron chi connectivity index (χ3n) is 2.85. The second-order valence-electron chi connectivity index (χ2n) is 4.52. The van der Waals surface area contributed by atoms with E-state index in [-0.39, 0.29) is 0 Å². The van der Waals surface area contributed by atoms with Crippen molar-refractivity contribution in [3.05, 3.63) is 22.9 Å². The first-order chi connectivity index (χ1) is 8.47. The molecule has 0 fully saturated rings. The minimum Gasteiger partial charge on any atom is -0.365 e. The summed E-state index contributed by atoms with van der Waals surface area (Å²) in [5.41, 5.74) is 7.74. The zero-order valence-electron chi connectivity index (χ0n) is 11.6. The molecule has 1 heterocycles. The van der Waals surface area contributed by atoms with Gasteiger partial charge in [-0.3, -0.25) is 4.79 Å². The number of nitrogens with one attached hydrogen (secondary N) is 1. The van der Waals surface area contributed by atoms with Gasteiger partial charge in [0, 0.05) is 19.3 Å². The van der Waals surface area contributed by atoms with Crippen molar-refractivity contribution in [2.45, 2.75) is 20.3 Å². The molecule has 1 aromatic rings. The molecule has 0 atom stereocenters. The highest BCUT2D eigenvalue weighted by Crippen LogP contribution is 2.21. The number of hydrogen-bond donors (Lipinski definition) is 2. The van der Waals surface area contributed by atoms with E-state index in [2.05, 4.69) is 10.3 Å². The summed E-state index contributed by atoms with van der Waals surface area (Å²) < 4.78 is 0. The molecule has 0 radical (unpaired) electrons. The number of hydrogen-bond acceptors (Lipinski definition) is 4. The lowest BCUT2D eigenvalue weighted by Gasteiger charge is -2.21. The van der Waals surface area contributed by atoms with E-state index in [4.69, 9.17) is 5.73 Å². The summed E-state index contributed by atoms with van der Waals surface area (Å²) in [7, 11) is 3.85. The number of rotatable bonds is 6. The fourth-order valence-electron chi connectivity index (χ4n) is 2.00. The third-order valence-corrected chi connectivity index (χ3v) is 2.85. The van der Waals surface area contributed by atoms with Crippen LogP contribution in [0.2, 0.25) is 0 Å². The first kappa shape index (κ1) is 14.4. The van der Waals surface area contributed by atoms with E-state index in [1.165, 1.54) is 0 Å². The highest BCUT2D eigenvalue weighted by molar-refractivity contribution is 5.99. The Bertz CT molecular complexity index is 431. The molecule has 1 amide bonds. The second kappa shape index (κ2) is 6.35. The Morgan fingerprint density at radius 1 is 1.50 bits per heavy atom. The number of amides is 1. The Hall–Kier alpha value is -1.62. The molecular formula is C13H22N4O. The van der Waals surface area contributed by atoms with Gasteiger partial charge in [-0.25, -0.2) is 4.98 Å². The van der Waals surface area contributed by atoms with Crippen LogP contribution in [0.25, 0.3) is 0 Å². The number of aryl methyl sites for hydroxylation is 2. The standard InChI is InChI=1S/C13H22N4O/c1-9-8-10(2)16-13(11(9)12(14)18)17(4)7-5-6-15-3/h8,15H,5-7H2,1-4H3,(H2,14,18). The van der Waals surface area contributed by atoms with E-state index >= 15 is 0 Å². The van der Waals surface area contributed by atoms with Crippen molar-refractivity contribution in [3.8, 4) is 0 Å². The molecule has 5 heteroatoms. The summed E-state index contributed by atoms with van der Waals surface area (Å²) in [6, 6.07) is 1.88. The van der Waals surface area contributed by atoms with E-state index in [1.807, 2.05) is 38.9 Å². The van der Waals surface area contributed by atoms with Gasteiger partial charge in [0.2, 0.25) is 0 Å². The molecule has 0 bridgehead atoms. The van der Waals surface area contributed by atoms with Gasteiger partial charge < -0.3 is 16.0 Å². The summed E-state index contributed by atoms with van der Waals surface area (Å²) in [5, 5.41) is 3.10. The van der Waals surface area contributed by atoms with Gasteiger partial charge in [-0.1, -0.05) is 0 Å². The maximum atomic E-state index is 11.5. The number of carbonyl (C=O) groups is 1. The maximum Gasteiger partial charge on any atom is 0.252 e. The van der Waals surface area contributed by atoms with Gasteiger partial charge >= 0.3 is 0 Å². The van der Waals surface area contributed by atoms with Crippen molar-refractivity contribution in [2.75, 3.05) is 32.1 Å². The van der Waals surface area contributed by atoms with Crippen LogP contribution in [-0.2, 0) is 0 Å². The lowest BCUT2D eigenvalue weighted by atomic mass is 10.1. The Kier molecular flexibility index (Phi) is 5.09. The van der Waals surface area contributed by atoms with Gasteiger partial charge in [0.25, 0.3) is 5.91 Å². The topological polar surface area (TPSA) is 71.2 Å². The van der Waals surface area contributed by atoms with Crippen molar-refractivity contribution < 1.29 is 4.79 Å². The Balaban J connectivity index is 3.02. The van der Waals surface area contributed by atoms with Gasteiger partial charge in [-0.05, 0) is 45.5 Å².